The molecule has 0 spiro atoms. The molecule has 3 nitrogen and oxygen atoms in total. The first-order valence-corrected chi connectivity index (χ1v) is 8.05. The van der Waals surface area contributed by atoms with Crippen LogP contribution in [-0.2, 0) is 6.54 Å². The maximum absolute atomic E-state index is 12.8. The van der Waals surface area contributed by atoms with Gasteiger partial charge in [0.2, 0.25) is 0 Å². The lowest BCUT2D eigenvalue weighted by Crippen LogP contribution is -2.37. The third-order valence-corrected chi connectivity index (χ3v) is 4.80. The van der Waals surface area contributed by atoms with Crippen molar-refractivity contribution < 1.29 is 4.79 Å². The second kappa shape index (κ2) is 6.76. The normalized spacial score (nSPS) is 12.1. The number of amides is 1. The van der Waals surface area contributed by atoms with Crippen molar-refractivity contribution in [2.75, 3.05) is 5.73 Å². The molecule has 1 amide bonds. The van der Waals surface area contributed by atoms with Gasteiger partial charge < -0.3 is 10.6 Å². The van der Waals surface area contributed by atoms with Crippen molar-refractivity contribution in [1.29, 1.82) is 0 Å². The smallest absolute Gasteiger partial charge is 0.264 e. The Hall–Kier alpha value is -1.81. The molecule has 1 atom stereocenters. The molecule has 0 bridgehead atoms. The van der Waals surface area contributed by atoms with Crippen LogP contribution < -0.4 is 5.73 Å². The molecular weight excluding hydrogens is 280 g/mol. The van der Waals surface area contributed by atoms with Gasteiger partial charge in [0.15, 0.2) is 0 Å². The summed E-state index contributed by atoms with van der Waals surface area (Å²) in [4.78, 5) is 16.5. The van der Waals surface area contributed by atoms with Gasteiger partial charge in [-0.05, 0) is 31.9 Å². The van der Waals surface area contributed by atoms with E-state index in [4.69, 9.17) is 5.73 Å². The number of anilines is 1. The van der Waals surface area contributed by atoms with Crippen molar-refractivity contribution in [3.8, 4) is 0 Å². The fraction of sp³-hybridized carbons (Fsp3) is 0.353. The molecule has 0 saturated heterocycles. The Balaban J connectivity index is 2.25. The number of carbonyl (C=O) groups excluding carboxylic acids is 1. The summed E-state index contributed by atoms with van der Waals surface area (Å²) in [5, 5.41) is 0. The van der Waals surface area contributed by atoms with Gasteiger partial charge in [0.25, 0.3) is 5.91 Å². The summed E-state index contributed by atoms with van der Waals surface area (Å²) < 4.78 is 0. The van der Waals surface area contributed by atoms with Crippen LogP contribution in [0.3, 0.4) is 0 Å². The van der Waals surface area contributed by atoms with Crippen molar-refractivity contribution in [3.63, 3.8) is 0 Å². The number of hydrogen-bond donors (Lipinski definition) is 1. The van der Waals surface area contributed by atoms with Gasteiger partial charge in [-0.15, -0.1) is 11.3 Å². The summed E-state index contributed by atoms with van der Waals surface area (Å²) in [6.07, 6.45) is 0.929. The van der Waals surface area contributed by atoms with E-state index in [9.17, 15) is 4.79 Å². The lowest BCUT2D eigenvalue weighted by atomic mass is 10.1. The topological polar surface area (TPSA) is 46.3 Å². The van der Waals surface area contributed by atoms with E-state index >= 15 is 0 Å². The Morgan fingerprint density at radius 2 is 2.00 bits per heavy atom. The summed E-state index contributed by atoms with van der Waals surface area (Å²) in [5.74, 6) is 0.0676. The van der Waals surface area contributed by atoms with Crippen LogP contribution in [-0.4, -0.2) is 16.8 Å². The van der Waals surface area contributed by atoms with Crippen LogP contribution in [0.15, 0.2) is 36.4 Å². The predicted molar refractivity (Wildman–Crippen MR) is 89.5 cm³/mol. The molecule has 0 fully saturated rings. The molecule has 0 aliphatic heterocycles. The number of nitrogen functional groups attached to an aromatic ring is 1. The summed E-state index contributed by atoms with van der Waals surface area (Å²) in [5.41, 5.74) is 7.73. The quantitative estimate of drug-likeness (QED) is 0.904. The summed E-state index contributed by atoms with van der Waals surface area (Å²) >= 11 is 1.47. The van der Waals surface area contributed by atoms with Gasteiger partial charge in [0.1, 0.15) is 0 Å². The second-order valence-corrected chi connectivity index (χ2v) is 6.55. The largest absolute Gasteiger partial charge is 0.398 e. The molecule has 1 heterocycles. The Morgan fingerprint density at radius 3 is 2.52 bits per heavy atom. The number of rotatable bonds is 5. The predicted octanol–water partition coefficient (Wildman–Crippen LogP) is 4.08. The number of hydrogen-bond acceptors (Lipinski definition) is 3. The first-order chi connectivity index (χ1) is 10.0. The maximum Gasteiger partial charge on any atom is 0.264 e. The fourth-order valence-corrected chi connectivity index (χ4v) is 3.07. The molecule has 0 saturated carbocycles. The Morgan fingerprint density at radius 1 is 1.33 bits per heavy atom. The molecule has 0 aliphatic rings. The van der Waals surface area contributed by atoms with Gasteiger partial charge in [-0.3, -0.25) is 4.79 Å². The van der Waals surface area contributed by atoms with Gasteiger partial charge in [-0.2, -0.15) is 0 Å². The summed E-state index contributed by atoms with van der Waals surface area (Å²) in [7, 11) is 0. The Labute approximate surface area is 130 Å². The maximum atomic E-state index is 12.8. The van der Waals surface area contributed by atoms with Crippen molar-refractivity contribution in [1.82, 2.24) is 4.90 Å². The van der Waals surface area contributed by atoms with E-state index in [0.29, 0.717) is 12.2 Å². The number of aryl methyl sites for hydroxylation is 1. The SMILES string of the molecule is CCC(C)N(Cc1ccccc1)C(=O)c1cc(N)c(C)s1. The molecule has 1 aromatic carbocycles. The van der Waals surface area contributed by atoms with E-state index < -0.39 is 0 Å². The molecule has 1 aromatic heterocycles. The van der Waals surface area contributed by atoms with Gasteiger partial charge >= 0.3 is 0 Å². The van der Waals surface area contributed by atoms with Gasteiger partial charge in [-0.1, -0.05) is 37.3 Å². The number of nitrogens with two attached hydrogens (primary N) is 1. The molecule has 4 heteroatoms. The number of carbonyl (C=O) groups is 1. The molecule has 1 unspecified atom stereocenters. The zero-order valence-corrected chi connectivity index (χ0v) is 13.6. The van der Waals surface area contributed by atoms with E-state index in [1.54, 1.807) is 6.07 Å². The van der Waals surface area contributed by atoms with Crippen molar-refractivity contribution in [3.05, 3.63) is 51.7 Å². The third-order valence-electron chi connectivity index (χ3n) is 3.75. The third kappa shape index (κ3) is 3.64. The van der Waals surface area contributed by atoms with Gasteiger partial charge in [-0.25, -0.2) is 0 Å². The van der Waals surface area contributed by atoms with Crippen LogP contribution >= 0.6 is 11.3 Å². The first kappa shape index (κ1) is 15.6. The Bertz CT molecular complexity index is 587. The molecule has 21 heavy (non-hydrogen) atoms. The highest BCUT2D eigenvalue weighted by Gasteiger charge is 2.22. The van der Waals surface area contributed by atoms with Crippen LogP contribution in [0, 0.1) is 6.92 Å². The number of nitrogens with zero attached hydrogens (tertiary/aromatic N) is 1. The van der Waals surface area contributed by atoms with E-state index in [1.165, 1.54) is 11.3 Å². The molecule has 112 valence electrons. The zero-order chi connectivity index (χ0) is 15.4. The minimum Gasteiger partial charge on any atom is -0.398 e. The summed E-state index contributed by atoms with van der Waals surface area (Å²) in [6.45, 7) is 6.77. The fourth-order valence-electron chi connectivity index (χ4n) is 2.17. The van der Waals surface area contributed by atoms with Crippen molar-refractivity contribution in [2.24, 2.45) is 0 Å². The van der Waals surface area contributed by atoms with Crippen LogP contribution in [0.2, 0.25) is 0 Å². The van der Waals surface area contributed by atoms with E-state index in [1.807, 2.05) is 30.0 Å². The molecular formula is C17H22N2OS. The molecule has 2 rings (SSSR count). The second-order valence-electron chi connectivity index (χ2n) is 5.30. The van der Waals surface area contributed by atoms with Gasteiger partial charge in [0, 0.05) is 23.2 Å². The first-order valence-electron chi connectivity index (χ1n) is 7.23. The van der Waals surface area contributed by atoms with Crippen molar-refractivity contribution in [2.45, 2.75) is 39.8 Å². The van der Waals surface area contributed by atoms with E-state index in [2.05, 4.69) is 26.0 Å². The monoisotopic (exact) mass is 302 g/mol. The average Bonchev–Trinajstić information content (AvgIpc) is 2.84. The summed E-state index contributed by atoms with van der Waals surface area (Å²) in [6, 6.07) is 12.1. The lowest BCUT2D eigenvalue weighted by molar-refractivity contribution is 0.0676. The number of thiophene rings is 1. The molecule has 0 radical (unpaired) electrons. The van der Waals surface area contributed by atoms with Crippen LogP contribution in [0.5, 0.6) is 0 Å². The number of benzene rings is 1. The van der Waals surface area contributed by atoms with Crippen molar-refractivity contribution >= 4 is 22.9 Å². The zero-order valence-electron chi connectivity index (χ0n) is 12.8. The minimum absolute atomic E-state index is 0.0676. The highest BCUT2D eigenvalue weighted by atomic mass is 32.1. The van der Waals surface area contributed by atoms with Crippen LogP contribution in [0.4, 0.5) is 5.69 Å². The average molecular weight is 302 g/mol. The van der Waals surface area contributed by atoms with Crippen LogP contribution in [0.1, 0.15) is 40.4 Å². The van der Waals surface area contributed by atoms with Crippen LogP contribution in [0.25, 0.3) is 0 Å². The standard InChI is InChI=1S/C17H22N2OS/c1-4-12(2)19(11-14-8-6-5-7-9-14)17(20)16-10-15(18)13(3)21-16/h5-10,12H,4,11,18H2,1-3H3. The highest BCUT2D eigenvalue weighted by molar-refractivity contribution is 7.14. The molecule has 0 aliphatic carbocycles. The van der Waals surface area contributed by atoms with E-state index in [0.717, 1.165) is 21.7 Å². The lowest BCUT2D eigenvalue weighted by Gasteiger charge is -2.28. The highest BCUT2D eigenvalue weighted by Crippen LogP contribution is 2.26. The molecule has 2 aromatic rings. The minimum atomic E-state index is 0.0676. The van der Waals surface area contributed by atoms with Gasteiger partial charge in [0.05, 0.1) is 4.88 Å². The Kier molecular flexibility index (Phi) is 5.02. The van der Waals surface area contributed by atoms with E-state index in [-0.39, 0.29) is 11.9 Å². The molecule has 2 N–H and O–H groups in total.